The van der Waals surface area contributed by atoms with Crippen molar-refractivity contribution < 1.29 is 26.4 Å². The van der Waals surface area contributed by atoms with Crippen molar-refractivity contribution in [1.29, 1.82) is 0 Å². The number of rotatable bonds is 3. The molecule has 8 heteroatoms. The lowest BCUT2D eigenvalue weighted by molar-refractivity contribution is -0.219. The Morgan fingerprint density at radius 2 is 1.34 bits per heavy atom. The van der Waals surface area contributed by atoms with Gasteiger partial charge in [-0.1, -0.05) is 29.8 Å². The molecule has 5 aromatic rings. The highest BCUT2D eigenvalue weighted by Crippen LogP contribution is 2.48. The van der Waals surface area contributed by atoms with Gasteiger partial charge in [0.15, 0.2) is 17.1 Å². The van der Waals surface area contributed by atoms with E-state index in [0.29, 0.717) is 5.56 Å². The average Bonchev–Trinajstić information content (AvgIpc) is 3.33. The van der Waals surface area contributed by atoms with E-state index in [1.54, 1.807) is 13.0 Å². The van der Waals surface area contributed by atoms with Gasteiger partial charge in [-0.3, -0.25) is 0 Å². The summed E-state index contributed by atoms with van der Waals surface area (Å²) in [7, 11) is 0. The molecule has 3 aromatic carbocycles. The van der Waals surface area contributed by atoms with Crippen LogP contribution in [0.4, 0.5) is 17.6 Å². The van der Waals surface area contributed by atoms with Gasteiger partial charge in [-0.25, -0.2) is 14.4 Å². The van der Waals surface area contributed by atoms with Gasteiger partial charge in [0, 0.05) is 23.6 Å². The van der Waals surface area contributed by atoms with Crippen molar-refractivity contribution in [1.82, 2.24) is 9.97 Å². The Bertz CT molecular complexity index is 1470. The van der Waals surface area contributed by atoms with Gasteiger partial charge >= 0.3 is 6.18 Å². The monoisotopic (exact) mass is 440 g/mol. The summed E-state index contributed by atoms with van der Waals surface area (Å²) in [5, 5.41) is 0. The van der Waals surface area contributed by atoms with Crippen LogP contribution in [0.25, 0.3) is 33.7 Å². The van der Waals surface area contributed by atoms with E-state index in [1.165, 1.54) is 12.1 Å². The van der Waals surface area contributed by atoms with Gasteiger partial charge in [-0.05, 0) is 43.3 Å². The van der Waals surface area contributed by atoms with Gasteiger partial charge in [0.2, 0.25) is 5.89 Å². The van der Waals surface area contributed by atoms with Crippen LogP contribution in [-0.4, -0.2) is 16.1 Å². The molecule has 0 saturated heterocycles. The molecule has 4 nitrogen and oxygen atoms in total. The number of benzene rings is 3. The van der Waals surface area contributed by atoms with Gasteiger partial charge in [-0.2, -0.15) is 13.2 Å². The molecule has 0 bridgehead atoms. The maximum Gasteiger partial charge on any atom is 0.431 e. The lowest BCUT2D eigenvalue weighted by Gasteiger charge is -2.28. The summed E-state index contributed by atoms with van der Waals surface area (Å²) in [5.74, 6) is 0.526. The van der Waals surface area contributed by atoms with Crippen molar-refractivity contribution in [2.45, 2.75) is 25.7 Å². The number of aromatic nitrogens is 2. The standard InChI is InChI=1S/C24H16F4N2O2/c1-13-4-3-5-15(10-13)22-30-19-12-17(7-9-21(19)32-22)23(25,24(26,27)28)16-6-8-20-18(11-16)29-14(2)31-20/h3-12H,1-2H3. The van der Waals surface area contributed by atoms with E-state index in [1.807, 2.05) is 25.1 Å². The van der Waals surface area contributed by atoms with Crippen LogP contribution >= 0.6 is 0 Å². The van der Waals surface area contributed by atoms with E-state index in [-0.39, 0.29) is 34.0 Å². The van der Waals surface area contributed by atoms with E-state index in [0.717, 1.165) is 29.8 Å². The van der Waals surface area contributed by atoms with E-state index < -0.39 is 23.0 Å². The molecule has 0 aliphatic rings. The van der Waals surface area contributed by atoms with E-state index in [9.17, 15) is 13.2 Å². The van der Waals surface area contributed by atoms with Gasteiger partial charge in [-0.15, -0.1) is 0 Å². The Labute approximate surface area is 179 Å². The smallest absolute Gasteiger partial charge is 0.431 e. The highest BCUT2D eigenvalue weighted by atomic mass is 19.4. The number of oxazole rings is 2. The summed E-state index contributed by atoms with van der Waals surface area (Å²) < 4.78 is 69.4. The molecule has 162 valence electrons. The molecule has 0 radical (unpaired) electrons. The topological polar surface area (TPSA) is 52.1 Å². The predicted octanol–water partition coefficient (Wildman–Crippen LogP) is 7.03. The van der Waals surface area contributed by atoms with Crippen LogP contribution in [0, 0.1) is 13.8 Å². The normalized spacial score (nSPS) is 14.2. The summed E-state index contributed by atoms with van der Waals surface area (Å²) in [6.45, 7) is 3.47. The molecular formula is C24H16F4N2O2. The van der Waals surface area contributed by atoms with Crippen molar-refractivity contribution in [3.63, 3.8) is 0 Å². The van der Waals surface area contributed by atoms with Gasteiger partial charge in [0.05, 0.1) is 0 Å². The third-order valence-corrected chi connectivity index (χ3v) is 5.33. The molecule has 0 N–H and O–H groups in total. The summed E-state index contributed by atoms with van der Waals surface area (Å²) in [4.78, 5) is 8.33. The lowest BCUT2D eigenvalue weighted by atomic mass is 9.87. The molecular weight excluding hydrogens is 424 g/mol. The first-order valence-electron chi connectivity index (χ1n) is 9.76. The van der Waals surface area contributed by atoms with Crippen LogP contribution < -0.4 is 0 Å². The fourth-order valence-electron chi connectivity index (χ4n) is 3.79. The van der Waals surface area contributed by atoms with Crippen LogP contribution in [0.2, 0.25) is 0 Å². The maximum absolute atomic E-state index is 16.0. The number of hydrogen-bond acceptors (Lipinski definition) is 4. The fourth-order valence-corrected chi connectivity index (χ4v) is 3.79. The van der Waals surface area contributed by atoms with E-state index in [2.05, 4.69) is 9.97 Å². The Morgan fingerprint density at radius 3 is 1.97 bits per heavy atom. The Kier molecular flexibility index (Phi) is 4.37. The summed E-state index contributed by atoms with van der Waals surface area (Å²) in [6, 6.07) is 14.2. The highest BCUT2D eigenvalue weighted by Gasteiger charge is 2.58. The Balaban J connectivity index is 1.66. The minimum absolute atomic E-state index is 0.128. The van der Waals surface area contributed by atoms with Gasteiger partial charge < -0.3 is 8.83 Å². The predicted molar refractivity (Wildman–Crippen MR) is 111 cm³/mol. The van der Waals surface area contributed by atoms with Gasteiger partial charge in [0.1, 0.15) is 11.0 Å². The molecule has 1 atom stereocenters. The zero-order chi connectivity index (χ0) is 22.7. The van der Waals surface area contributed by atoms with Crippen LogP contribution in [0.3, 0.4) is 0 Å². The molecule has 32 heavy (non-hydrogen) atoms. The average molecular weight is 440 g/mol. The number of hydrogen-bond donors (Lipinski definition) is 0. The van der Waals surface area contributed by atoms with Crippen molar-refractivity contribution in [2.24, 2.45) is 0 Å². The highest BCUT2D eigenvalue weighted by molar-refractivity contribution is 5.78. The van der Waals surface area contributed by atoms with Crippen molar-refractivity contribution >= 4 is 22.2 Å². The third-order valence-electron chi connectivity index (χ3n) is 5.33. The first kappa shape index (κ1) is 20.2. The fraction of sp³-hybridized carbons (Fsp3) is 0.167. The molecule has 2 heterocycles. The van der Waals surface area contributed by atoms with Crippen molar-refractivity contribution in [3.05, 3.63) is 83.2 Å². The molecule has 0 fully saturated rings. The second kappa shape index (κ2) is 6.91. The van der Waals surface area contributed by atoms with Crippen molar-refractivity contribution in [3.8, 4) is 11.5 Å². The molecule has 1 unspecified atom stereocenters. The Hall–Kier alpha value is -3.68. The van der Waals surface area contributed by atoms with Crippen LogP contribution in [-0.2, 0) is 5.67 Å². The zero-order valence-corrected chi connectivity index (χ0v) is 17.0. The van der Waals surface area contributed by atoms with Crippen LogP contribution in [0.5, 0.6) is 0 Å². The molecule has 0 saturated carbocycles. The largest absolute Gasteiger partial charge is 0.441 e. The molecule has 0 amide bonds. The summed E-state index contributed by atoms with van der Waals surface area (Å²) in [6.07, 6.45) is -5.23. The minimum atomic E-state index is -5.23. The zero-order valence-electron chi connectivity index (χ0n) is 17.0. The number of aryl methyl sites for hydroxylation is 2. The number of halogens is 4. The molecule has 0 aliphatic heterocycles. The lowest BCUT2D eigenvalue weighted by Crippen LogP contribution is -2.39. The van der Waals surface area contributed by atoms with Crippen LogP contribution in [0.1, 0.15) is 22.6 Å². The summed E-state index contributed by atoms with van der Waals surface area (Å²) in [5.41, 5.74) is -2.48. The molecule has 0 spiro atoms. The van der Waals surface area contributed by atoms with Crippen LogP contribution in [0.15, 0.2) is 69.5 Å². The van der Waals surface area contributed by atoms with E-state index in [4.69, 9.17) is 8.83 Å². The third kappa shape index (κ3) is 3.14. The Morgan fingerprint density at radius 1 is 0.719 bits per heavy atom. The van der Waals surface area contributed by atoms with Gasteiger partial charge in [0.25, 0.3) is 5.67 Å². The van der Waals surface area contributed by atoms with Crippen molar-refractivity contribution in [2.75, 3.05) is 0 Å². The molecule has 5 rings (SSSR count). The molecule has 2 aromatic heterocycles. The van der Waals surface area contributed by atoms with E-state index >= 15 is 4.39 Å². The quantitative estimate of drug-likeness (QED) is 0.283. The minimum Gasteiger partial charge on any atom is -0.441 e. The number of nitrogens with zero attached hydrogens (tertiary/aromatic N) is 2. The number of fused-ring (bicyclic) bond motifs is 2. The second-order valence-corrected chi connectivity index (χ2v) is 7.64. The molecule has 0 aliphatic carbocycles. The summed E-state index contributed by atoms with van der Waals surface area (Å²) >= 11 is 0. The number of alkyl halides is 4. The SMILES string of the molecule is Cc1cccc(-c2nc3cc(C(F)(c4ccc5oc(C)nc5c4)C(F)(F)F)ccc3o2)c1. The first-order chi connectivity index (χ1) is 15.1. The second-order valence-electron chi connectivity index (χ2n) is 7.64. The maximum atomic E-state index is 16.0. The first-order valence-corrected chi connectivity index (χ1v) is 9.76.